The molecule has 1 aromatic carbocycles. The lowest BCUT2D eigenvalue weighted by molar-refractivity contribution is -0.119. The van der Waals surface area contributed by atoms with E-state index in [0.29, 0.717) is 17.7 Å². The van der Waals surface area contributed by atoms with Crippen LogP contribution in [0.3, 0.4) is 0 Å². The van der Waals surface area contributed by atoms with E-state index in [1.807, 2.05) is 24.3 Å². The summed E-state index contributed by atoms with van der Waals surface area (Å²) in [4.78, 5) is 13.1. The molecule has 2 aliphatic carbocycles. The molecule has 4 atom stereocenters. The number of fused-ring (bicyclic) bond motifs is 2. The zero-order valence-corrected chi connectivity index (χ0v) is 13.9. The minimum Gasteiger partial charge on any atom is -0.353 e. The van der Waals surface area contributed by atoms with Crippen LogP contribution in [0.2, 0.25) is 5.02 Å². The summed E-state index contributed by atoms with van der Waals surface area (Å²) in [7, 11) is 0. The van der Waals surface area contributed by atoms with Gasteiger partial charge in [-0.25, -0.2) is 0 Å². The standard InChI is InChI=1S/C17H22ClNOS/c1-11(14-9-12-6-7-13(14)8-12)19-17(20)10-21-16-5-3-2-4-15(16)18/h2-5,11-14H,6-10H2,1H3,(H,19,20)/t11-,12+,13+,14+/m1/s1. The Morgan fingerprint density at radius 3 is 2.86 bits per heavy atom. The summed E-state index contributed by atoms with van der Waals surface area (Å²) in [5.41, 5.74) is 0. The van der Waals surface area contributed by atoms with Crippen LogP contribution in [0.15, 0.2) is 29.2 Å². The van der Waals surface area contributed by atoms with Crippen LogP contribution < -0.4 is 5.32 Å². The second-order valence-corrected chi connectivity index (χ2v) is 7.84. The highest BCUT2D eigenvalue weighted by Crippen LogP contribution is 2.49. The van der Waals surface area contributed by atoms with Crippen molar-refractivity contribution in [2.45, 2.75) is 43.5 Å². The van der Waals surface area contributed by atoms with Gasteiger partial charge < -0.3 is 5.32 Å². The Bertz CT molecular complexity index is 521. The van der Waals surface area contributed by atoms with E-state index in [2.05, 4.69) is 12.2 Å². The fourth-order valence-corrected chi connectivity index (χ4v) is 5.06. The van der Waals surface area contributed by atoms with Crippen molar-refractivity contribution in [2.24, 2.45) is 17.8 Å². The van der Waals surface area contributed by atoms with Gasteiger partial charge in [0.15, 0.2) is 0 Å². The van der Waals surface area contributed by atoms with Gasteiger partial charge >= 0.3 is 0 Å². The third kappa shape index (κ3) is 3.57. The third-order valence-electron chi connectivity index (χ3n) is 5.02. The Labute approximate surface area is 136 Å². The van der Waals surface area contributed by atoms with Gasteiger partial charge in [-0.1, -0.05) is 30.2 Å². The van der Waals surface area contributed by atoms with Gasteiger partial charge in [0.25, 0.3) is 0 Å². The minimum absolute atomic E-state index is 0.121. The van der Waals surface area contributed by atoms with Crippen molar-refractivity contribution in [1.29, 1.82) is 0 Å². The SMILES string of the molecule is C[C@@H](NC(=O)CSc1ccccc1Cl)[C@@H]1C[C@H]2CC[C@H]1C2. The van der Waals surface area contributed by atoms with Crippen LogP contribution in [0.25, 0.3) is 0 Å². The Hall–Kier alpha value is -0.670. The van der Waals surface area contributed by atoms with Crippen LogP contribution in [0.1, 0.15) is 32.6 Å². The zero-order valence-electron chi connectivity index (χ0n) is 12.3. The topological polar surface area (TPSA) is 29.1 Å². The molecule has 4 heteroatoms. The molecule has 0 aromatic heterocycles. The second kappa shape index (κ2) is 6.62. The van der Waals surface area contributed by atoms with E-state index in [-0.39, 0.29) is 5.91 Å². The maximum absolute atomic E-state index is 12.1. The number of rotatable bonds is 5. The highest BCUT2D eigenvalue weighted by molar-refractivity contribution is 8.00. The van der Waals surface area contributed by atoms with Crippen molar-refractivity contribution in [3.05, 3.63) is 29.3 Å². The first kappa shape index (κ1) is 15.2. The number of halogens is 1. The number of hydrogen-bond acceptors (Lipinski definition) is 2. The predicted octanol–water partition coefficient (Wildman–Crippen LogP) is 4.37. The maximum atomic E-state index is 12.1. The fourth-order valence-electron chi connectivity index (χ4n) is 4.01. The monoisotopic (exact) mass is 323 g/mol. The zero-order chi connectivity index (χ0) is 14.8. The average molecular weight is 324 g/mol. The number of nitrogens with one attached hydrogen (secondary N) is 1. The van der Waals surface area contributed by atoms with Crippen molar-refractivity contribution in [2.75, 3.05) is 5.75 Å². The number of benzene rings is 1. The van der Waals surface area contributed by atoms with Crippen LogP contribution in [0.5, 0.6) is 0 Å². The first-order chi connectivity index (χ1) is 10.1. The van der Waals surface area contributed by atoms with Crippen molar-refractivity contribution < 1.29 is 4.79 Å². The molecule has 21 heavy (non-hydrogen) atoms. The van der Waals surface area contributed by atoms with Gasteiger partial charge in [-0.05, 0) is 56.1 Å². The molecular weight excluding hydrogens is 302 g/mol. The molecule has 1 N–H and O–H groups in total. The molecule has 2 saturated carbocycles. The number of amides is 1. The van der Waals surface area contributed by atoms with Gasteiger partial charge in [0.1, 0.15) is 0 Å². The van der Waals surface area contributed by atoms with Gasteiger partial charge in [-0.15, -0.1) is 11.8 Å². The first-order valence-electron chi connectivity index (χ1n) is 7.80. The number of thioether (sulfide) groups is 1. The molecule has 2 fully saturated rings. The lowest BCUT2D eigenvalue weighted by atomic mass is 9.84. The molecule has 1 amide bonds. The van der Waals surface area contributed by atoms with Crippen molar-refractivity contribution in [1.82, 2.24) is 5.32 Å². The highest BCUT2D eigenvalue weighted by Gasteiger charge is 2.42. The molecule has 114 valence electrons. The Morgan fingerprint density at radius 2 is 2.19 bits per heavy atom. The van der Waals surface area contributed by atoms with E-state index in [1.54, 1.807) is 0 Å². The van der Waals surface area contributed by atoms with Crippen LogP contribution in [-0.2, 0) is 4.79 Å². The molecule has 2 aliphatic rings. The van der Waals surface area contributed by atoms with Crippen molar-refractivity contribution in [3.63, 3.8) is 0 Å². The van der Waals surface area contributed by atoms with E-state index in [4.69, 9.17) is 11.6 Å². The molecule has 0 unspecified atom stereocenters. The normalized spacial score (nSPS) is 28.6. The van der Waals surface area contributed by atoms with E-state index >= 15 is 0 Å². The number of carbonyl (C=O) groups is 1. The summed E-state index contributed by atoms with van der Waals surface area (Å²) < 4.78 is 0. The Kier molecular flexibility index (Phi) is 4.80. The first-order valence-corrected chi connectivity index (χ1v) is 9.16. The van der Waals surface area contributed by atoms with Gasteiger partial charge in [-0.2, -0.15) is 0 Å². The van der Waals surface area contributed by atoms with Gasteiger partial charge in [0, 0.05) is 10.9 Å². The summed E-state index contributed by atoms with van der Waals surface area (Å²) in [6, 6.07) is 7.98. The third-order valence-corrected chi connectivity index (χ3v) is 6.53. The second-order valence-electron chi connectivity index (χ2n) is 6.41. The molecule has 0 saturated heterocycles. The van der Waals surface area contributed by atoms with Crippen LogP contribution in [0.4, 0.5) is 0 Å². The summed E-state index contributed by atoms with van der Waals surface area (Å²) in [6.45, 7) is 2.17. The van der Waals surface area contributed by atoms with Crippen molar-refractivity contribution in [3.8, 4) is 0 Å². The Balaban J connectivity index is 1.47. The molecule has 0 radical (unpaired) electrons. The molecule has 1 aromatic rings. The lowest BCUT2D eigenvalue weighted by Gasteiger charge is -2.28. The highest BCUT2D eigenvalue weighted by atomic mass is 35.5. The molecule has 3 rings (SSSR count). The molecule has 0 aliphatic heterocycles. The number of hydrogen-bond donors (Lipinski definition) is 1. The molecular formula is C17H22ClNOS. The van der Waals surface area contributed by atoms with Crippen molar-refractivity contribution >= 4 is 29.3 Å². The average Bonchev–Trinajstić information content (AvgIpc) is 3.09. The van der Waals surface area contributed by atoms with Gasteiger partial charge in [-0.3, -0.25) is 4.79 Å². The molecule has 0 spiro atoms. The van der Waals surface area contributed by atoms with Crippen LogP contribution in [-0.4, -0.2) is 17.7 Å². The van der Waals surface area contributed by atoms with Crippen LogP contribution >= 0.6 is 23.4 Å². The summed E-state index contributed by atoms with van der Waals surface area (Å²) >= 11 is 7.62. The lowest BCUT2D eigenvalue weighted by Crippen LogP contribution is -2.40. The van der Waals surface area contributed by atoms with E-state index in [9.17, 15) is 4.79 Å². The molecule has 0 heterocycles. The van der Waals surface area contributed by atoms with Gasteiger partial charge in [0.2, 0.25) is 5.91 Å². The largest absolute Gasteiger partial charge is 0.353 e. The minimum atomic E-state index is 0.121. The summed E-state index contributed by atoms with van der Waals surface area (Å²) in [6.07, 6.45) is 5.47. The quantitative estimate of drug-likeness (QED) is 0.815. The van der Waals surface area contributed by atoms with E-state index in [1.165, 1.54) is 37.4 Å². The summed E-state index contributed by atoms with van der Waals surface area (Å²) in [5, 5.41) is 3.91. The smallest absolute Gasteiger partial charge is 0.230 e. The maximum Gasteiger partial charge on any atom is 0.230 e. The Morgan fingerprint density at radius 1 is 1.38 bits per heavy atom. The van der Waals surface area contributed by atoms with Crippen LogP contribution in [0, 0.1) is 17.8 Å². The van der Waals surface area contributed by atoms with E-state index in [0.717, 1.165) is 21.8 Å². The molecule has 2 nitrogen and oxygen atoms in total. The van der Waals surface area contributed by atoms with E-state index < -0.39 is 0 Å². The number of carbonyl (C=O) groups excluding carboxylic acids is 1. The van der Waals surface area contributed by atoms with Gasteiger partial charge in [0.05, 0.1) is 10.8 Å². The predicted molar refractivity (Wildman–Crippen MR) is 88.7 cm³/mol. The molecule has 2 bridgehead atoms. The fraction of sp³-hybridized carbons (Fsp3) is 0.588. The summed E-state index contributed by atoms with van der Waals surface area (Å²) in [5.74, 6) is 3.03.